The molecular formula is C26H30N2O3. The second-order valence-corrected chi connectivity index (χ2v) is 8.22. The Morgan fingerprint density at radius 3 is 2.48 bits per heavy atom. The summed E-state index contributed by atoms with van der Waals surface area (Å²) in [7, 11) is 0. The molecule has 0 radical (unpaired) electrons. The number of hydrogen-bond acceptors (Lipinski definition) is 4. The Morgan fingerprint density at radius 1 is 1.06 bits per heavy atom. The maximum absolute atomic E-state index is 11.9. The topological polar surface area (TPSA) is 54.7 Å². The van der Waals surface area contributed by atoms with Gasteiger partial charge in [-0.2, -0.15) is 0 Å². The van der Waals surface area contributed by atoms with Crippen molar-refractivity contribution in [3.63, 3.8) is 0 Å². The second-order valence-electron chi connectivity index (χ2n) is 8.22. The van der Waals surface area contributed by atoms with E-state index in [4.69, 9.17) is 9.15 Å². The molecule has 1 fully saturated rings. The van der Waals surface area contributed by atoms with Gasteiger partial charge in [0.2, 0.25) is 0 Å². The summed E-state index contributed by atoms with van der Waals surface area (Å²) in [5.41, 5.74) is 2.77. The number of carbonyl (C=O) groups excluding carboxylic acids is 1. The van der Waals surface area contributed by atoms with Crippen LogP contribution < -0.4 is 10.1 Å². The van der Waals surface area contributed by atoms with E-state index < -0.39 is 0 Å². The Hall–Kier alpha value is -3.05. The van der Waals surface area contributed by atoms with Crippen LogP contribution in [0.15, 0.2) is 77.4 Å². The Kier molecular flexibility index (Phi) is 7.05. The summed E-state index contributed by atoms with van der Waals surface area (Å²) in [4.78, 5) is 14.5. The van der Waals surface area contributed by atoms with Gasteiger partial charge in [0.1, 0.15) is 11.9 Å². The van der Waals surface area contributed by atoms with Gasteiger partial charge >= 0.3 is 0 Å². The van der Waals surface area contributed by atoms with Crippen molar-refractivity contribution in [2.24, 2.45) is 0 Å². The summed E-state index contributed by atoms with van der Waals surface area (Å²) in [6, 6.07) is 22.5. The lowest BCUT2D eigenvalue weighted by atomic mass is 9.89. The van der Waals surface area contributed by atoms with E-state index >= 15 is 0 Å². The molecule has 5 heteroatoms. The van der Waals surface area contributed by atoms with E-state index in [1.807, 2.05) is 19.1 Å². The maximum atomic E-state index is 11.9. The van der Waals surface area contributed by atoms with E-state index in [-0.39, 0.29) is 12.0 Å². The summed E-state index contributed by atoms with van der Waals surface area (Å²) >= 11 is 0. The third-order valence-electron chi connectivity index (χ3n) is 5.82. The molecule has 1 saturated heterocycles. The van der Waals surface area contributed by atoms with E-state index in [0.29, 0.717) is 18.2 Å². The summed E-state index contributed by atoms with van der Waals surface area (Å²) in [5.74, 6) is 1.57. The van der Waals surface area contributed by atoms with Gasteiger partial charge < -0.3 is 14.5 Å². The first-order valence-electron chi connectivity index (χ1n) is 11.0. The lowest BCUT2D eigenvalue weighted by Gasteiger charge is -2.32. The normalized spacial score (nSPS) is 16.0. The van der Waals surface area contributed by atoms with Crippen molar-refractivity contribution in [1.29, 1.82) is 0 Å². The van der Waals surface area contributed by atoms with Gasteiger partial charge in [0.25, 0.3) is 5.91 Å². The fraction of sp³-hybridized carbons (Fsp3) is 0.346. The minimum atomic E-state index is -0.230. The zero-order valence-corrected chi connectivity index (χ0v) is 18.0. The molecule has 0 aliphatic carbocycles. The van der Waals surface area contributed by atoms with E-state index in [1.54, 1.807) is 12.1 Å². The van der Waals surface area contributed by atoms with Crippen molar-refractivity contribution in [3.05, 3.63) is 89.9 Å². The smallest absolute Gasteiger partial charge is 0.287 e. The van der Waals surface area contributed by atoms with E-state index in [9.17, 15) is 4.79 Å². The quantitative estimate of drug-likeness (QED) is 0.568. The highest BCUT2D eigenvalue weighted by Gasteiger charge is 2.20. The number of rotatable bonds is 8. The third-order valence-corrected chi connectivity index (χ3v) is 5.82. The van der Waals surface area contributed by atoms with Crippen molar-refractivity contribution < 1.29 is 13.9 Å². The Bertz CT molecular complexity index is 931. The SMILES string of the molecule is CC(CNC(=O)c1ccco1)Oc1ccc(CN2CCC(c3ccccc3)CC2)cc1. The van der Waals surface area contributed by atoms with Gasteiger partial charge in [-0.05, 0) is 74.2 Å². The fourth-order valence-electron chi connectivity index (χ4n) is 4.09. The number of hydrogen-bond donors (Lipinski definition) is 1. The van der Waals surface area contributed by atoms with Crippen molar-refractivity contribution in [1.82, 2.24) is 10.2 Å². The highest BCUT2D eigenvalue weighted by atomic mass is 16.5. The van der Waals surface area contributed by atoms with Gasteiger partial charge in [-0.1, -0.05) is 42.5 Å². The number of carbonyl (C=O) groups is 1. The fourth-order valence-corrected chi connectivity index (χ4v) is 4.09. The minimum absolute atomic E-state index is 0.137. The molecule has 162 valence electrons. The van der Waals surface area contributed by atoms with Crippen molar-refractivity contribution in [3.8, 4) is 5.75 Å². The zero-order valence-electron chi connectivity index (χ0n) is 18.0. The first kappa shape index (κ1) is 21.2. The van der Waals surface area contributed by atoms with Gasteiger partial charge in [0.15, 0.2) is 5.76 Å². The molecule has 1 N–H and O–H groups in total. The lowest BCUT2D eigenvalue weighted by molar-refractivity contribution is 0.0904. The molecule has 5 nitrogen and oxygen atoms in total. The average Bonchev–Trinajstić information content (AvgIpc) is 3.35. The molecule has 2 heterocycles. The zero-order chi connectivity index (χ0) is 21.5. The van der Waals surface area contributed by atoms with Crippen LogP contribution in [-0.2, 0) is 6.54 Å². The first-order chi connectivity index (χ1) is 15.2. The van der Waals surface area contributed by atoms with Crippen LogP contribution in [0.4, 0.5) is 0 Å². The number of nitrogens with zero attached hydrogens (tertiary/aromatic N) is 1. The maximum Gasteiger partial charge on any atom is 0.287 e. The number of ether oxygens (including phenoxy) is 1. The van der Waals surface area contributed by atoms with Crippen LogP contribution in [0.2, 0.25) is 0 Å². The van der Waals surface area contributed by atoms with Gasteiger partial charge in [-0.3, -0.25) is 9.69 Å². The summed E-state index contributed by atoms with van der Waals surface area (Å²) < 4.78 is 11.0. The highest BCUT2D eigenvalue weighted by Crippen LogP contribution is 2.28. The molecule has 2 aromatic carbocycles. The van der Waals surface area contributed by atoms with Crippen LogP contribution in [0, 0.1) is 0 Å². The predicted molar refractivity (Wildman–Crippen MR) is 121 cm³/mol. The number of amides is 1. The minimum Gasteiger partial charge on any atom is -0.489 e. The monoisotopic (exact) mass is 418 g/mol. The van der Waals surface area contributed by atoms with Crippen molar-refractivity contribution >= 4 is 5.91 Å². The highest BCUT2D eigenvalue weighted by molar-refractivity contribution is 5.91. The third kappa shape index (κ3) is 5.98. The van der Waals surface area contributed by atoms with Crippen LogP contribution in [0.1, 0.15) is 47.4 Å². The average molecular weight is 419 g/mol. The lowest BCUT2D eigenvalue weighted by Crippen LogP contribution is -2.33. The summed E-state index contributed by atoms with van der Waals surface area (Å²) in [6.45, 7) is 5.58. The van der Waals surface area contributed by atoms with Crippen LogP contribution >= 0.6 is 0 Å². The molecule has 1 atom stereocenters. The molecule has 1 aliphatic heterocycles. The van der Waals surface area contributed by atoms with Gasteiger partial charge in [0, 0.05) is 6.54 Å². The Balaban J connectivity index is 1.20. The van der Waals surface area contributed by atoms with Crippen LogP contribution in [-0.4, -0.2) is 36.5 Å². The van der Waals surface area contributed by atoms with Crippen LogP contribution in [0.5, 0.6) is 5.75 Å². The molecule has 0 saturated carbocycles. The number of benzene rings is 2. The second kappa shape index (κ2) is 10.3. The molecule has 3 aromatic rings. The Morgan fingerprint density at radius 2 is 1.81 bits per heavy atom. The molecule has 0 spiro atoms. The molecule has 1 aromatic heterocycles. The van der Waals surface area contributed by atoms with E-state index in [2.05, 4.69) is 52.7 Å². The standard InChI is InChI=1S/C26H30N2O3/c1-20(18-27-26(29)25-8-5-17-30-25)31-24-11-9-21(10-12-24)19-28-15-13-23(14-16-28)22-6-3-2-4-7-22/h2-12,17,20,23H,13-16,18-19H2,1H3,(H,27,29). The molecular weight excluding hydrogens is 388 g/mol. The van der Waals surface area contributed by atoms with Crippen LogP contribution in [0.25, 0.3) is 0 Å². The van der Waals surface area contributed by atoms with Gasteiger partial charge in [-0.15, -0.1) is 0 Å². The molecule has 4 rings (SSSR count). The Labute approximate surface area is 184 Å². The number of likely N-dealkylation sites (tertiary alicyclic amines) is 1. The molecule has 0 bridgehead atoms. The summed E-state index contributed by atoms with van der Waals surface area (Å²) in [6.07, 6.45) is 3.78. The molecule has 31 heavy (non-hydrogen) atoms. The number of furan rings is 1. The van der Waals surface area contributed by atoms with Gasteiger partial charge in [-0.25, -0.2) is 0 Å². The van der Waals surface area contributed by atoms with Crippen molar-refractivity contribution in [2.75, 3.05) is 19.6 Å². The largest absolute Gasteiger partial charge is 0.489 e. The summed E-state index contributed by atoms with van der Waals surface area (Å²) in [5, 5.41) is 2.82. The predicted octanol–water partition coefficient (Wildman–Crippen LogP) is 4.86. The molecule has 1 aliphatic rings. The number of nitrogens with one attached hydrogen (secondary N) is 1. The van der Waals surface area contributed by atoms with Crippen LogP contribution in [0.3, 0.4) is 0 Å². The molecule has 1 unspecified atom stereocenters. The van der Waals surface area contributed by atoms with Gasteiger partial charge in [0.05, 0.1) is 12.8 Å². The number of piperidine rings is 1. The van der Waals surface area contributed by atoms with Crippen molar-refractivity contribution in [2.45, 2.75) is 38.3 Å². The molecule has 1 amide bonds. The van der Waals surface area contributed by atoms with E-state index in [0.717, 1.165) is 25.4 Å². The van der Waals surface area contributed by atoms with E-state index in [1.165, 1.54) is 30.2 Å². The first-order valence-corrected chi connectivity index (χ1v) is 11.0.